The molecule has 0 radical (unpaired) electrons. The summed E-state index contributed by atoms with van der Waals surface area (Å²) in [5, 5.41) is 10.4. The lowest BCUT2D eigenvalue weighted by Crippen LogP contribution is -2.17. The predicted molar refractivity (Wildman–Crippen MR) is 141 cm³/mol. The van der Waals surface area contributed by atoms with Crippen molar-refractivity contribution in [1.82, 2.24) is 30.1 Å². The van der Waals surface area contributed by atoms with Crippen LogP contribution in [0.5, 0.6) is 0 Å². The van der Waals surface area contributed by atoms with Crippen LogP contribution in [0.3, 0.4) is 0 Å². The molecule has 0 saturated carbocycles. The Kier molecular flexibility index (Phi) is 5.64. The first-order valence-corrected chi connectivity index (χ1v) is 11.9. The van der Waals surface area contributed by atoms with Gasteiger partial charge in [-0.1, -0.05) is 26.0 Å². The van der Waals surface area contributed by atoms with Crippen LogP contribution in [0.4, 0.5) is 14.5 Å². The number of anilines is 1. The summed E-state index contributed by atoms with van der Waals surface area (Å²) in [5.41, 5.74) is 4.69. The van der Waals surface area contributed by atoms with Gasteiger partial charge in [0.2, 0.25) is 5.91 Å². The number of rotatable bonds is 5. The number of amides is 1. The largest absolute Gasteiger partial charge is 0.337 e. The van der Waals surface area contributed by atoms with Crippen molar-refractivity contribution in [3.63, 3.8) is 0 Å². The molecule has 0 aliphatic heterocycles. The Balaban J connectivity index is 1.45. The van der Waals surface area contributed by atoms with E-state index in [4.69, 9.17) is 4.98 Å². The zero-order valence-electron chi connectivity index (χ0n) is 20.4. The van der Waals surface area contributed by atoms with E-state index in [1.165, 1.54) is 18.2 Å². The van der Waals surface area contributed by atoms with E-state index in [9.17, 15) is 9.18 Å². The Bertz CT molecular complexity index is 1840. The molecular formula is C28H21F2N7O. The van der Waals surface area contributed by atoms with Crippen LogP contribution in [0.15, 0.2) is 67.1 Å². The summed E-state index contributed by atoms with van der Waals surface area (Å²) in [5.74, 6) is -0.793. The van der Waals surface area contributed by atoms with Gasteiger partial charge in [-0.25, -0.2) is 13.8 Å². The normalized spacial score (nSPS) is 11.5. The Hall–Kier alpha value is -4.99. The molecule has 0 atom stereocenters. The first kappa shape index (κ1) is 23.4. The first-order valence-electron chi connectivity index (χ1n) is 11.9. The van der Waals surface area contributed by atoms with Crippen molar-refractivity contribution in [2.24, 2.45) is 5.92 Å². The number of aromatic nitrogens is 6. The Morgan fingerprint density at radius 3 is 2.66 bits per heavy atom. The maximum atomic E-state index is 15.2. The number of H-pyrrole nitrogens is 2. The van der Waals surface area contributed by atoms with E-state index in [0.717, 1.165) is 0 Å². The van der Waals surface area contributed by atoms with Crippen molar-refractivity contribution in [3.8, 4) is 33.9 Å². The summed E-state index contributed by atoms with van der Waals surface area (Å²) in [6, 6.07) is 12.8. The fourth-order valence-corrected chi connectivity index (χ4v) is 4.28. The fraction of sp³-hybridized carbons (Fsp3) is 0.107. The minimum absolute atomic E-state index is 0.139. The highest BCUT2D eigenvalue weighted by molar-refractivity contribution is 5.98. The van der Waals surface area contributed by atoms with Crippen molar-refractivity contribution < 1.29 is 13.6 Å². The maximum Gasteiger partial charge on any atom is 0.226 e. The third-order valence-corrected chi connectivity index (χ3v) is 6.21. The number of nitrogens with zero attached hydrogens (tertiary/aromatic N) is 4. The van der Waals surface area contributed by atoms with Gasteiger partial charge >= 0.3 is 0 Å². The van der Waals surface area contributed by atoms with Crippen LogP contribution in [-0.2, 0) is 4.79 Å². The second kappa shape index (κ2) is 9.15. The van der Waals surface area contributed by atoms with Crippen LogP contribution in [-0.4, -0.2) is 36.0 Å². The van der Waals surface area contributed by atoms with Gasteiger partial charge in [0.1, 0.15) is 22.5 Å². The average Bonchev–Trinajstić information content (AvgIpc) is 3.53. The molecule has 4 heterocycles. The molecule has 0 saturated heterocycles. The molecule has 0 bridgehead atoms. The van der Waals surface area contributed by atoms with Crippen LogP contribution in [0, 0.1) is 17.6 Å². The summed E-state index contributed by atoms with van der Waals surface area (Å²) in [7, 11) is 0. The standard InChI is InChI=1S/C28H21F2N7O/c1-14(2)28(38)33-19-9-17(12-31-13-19)16-10-20-24(21(30)11-16)36-37-25(20)27-34-22-6-7-32-23(26(22)35-27)15-4-3-5-18(29)8-15/h3-14H,1-2H3,(H,33,38)(H,34,35)(H,36,37). The maximum absolute atomic E-state index is 15.2. The highest BCUT2D eigenvalue weighted by Crippen LogP contribution is 2.34. The summed E-state index contributed by atoms with van der Waals surface area (Å²) >= 11 is 0. The third-order valence-electron chi connectivity index (χ3n) is 6.21. The van der Waals surface area contributed by atoms with Gasteiger partial charge in [0, 0.05) is 34.8 Å². The molecule has 6 aromatic rings. The Labute approximate surface area is 215 Å². The van der Waals surface area contributed by atoms with Crippen LogP contribution in [0.1, 0.15) is 13.8 Å². The predicted octanol–water partition coefficient (Wildman–Crippen LogP) is 6.10. The number of aromatic amines is 2. The number of carbonyl (C=O) groups is 1. The van der Waals surface area contributed by atoms with Crippen LogP contribution >= 0.6 is 0 Å². The van der Waals surface area contributed by atoms with E-state index in [2.05, 4.69) is 30.5 Å². The van der Waals surface area contributed by atoms with Gasteiger partial charge in [-0.3, -0.25) is 19.9 Å². The van der Waals surface area contributed by atoms with E-state index in [-0.39, 0.29) is 23.2 Å². The smallest absolute Gasteiger partial charge is 0.226 e. The highest BCUT2D eigenvalue weighted by atomic mass is 19.1. The first-order chi connectivity index (χ1) is 18.4. The van der Waals surface area contributed by atoms with Crippen molar-refractivity contribution in [3.05, 3.63) is 78.8 Å². The molecule has 188 valence electrons. The molecule has 3 N–H and O–H groups in total. The molecular weight excluding hydrogens is 488 g/mol. The number of hydrogen-bond donors (Lipinski definition) is 3. The zero-order valence-corrected chi connectivity index (χ0v) is 20.4. The number of halogens is 2. The van der Waals surface area contributed by atoms with Crippen molar-refractivity contribution >= 4 is 33.5 Å². The molecule has 1 amide bonds. The van der Waals surface area contributed by atoms with E-state index >= 15 is 4.39 Å². The van der Waals surface area contributed by atoms with Gasteiger partial charge in [0.05, 0.1) is 23.1 Å². The number of carbonyl (C=O) groups excluding carboxylic acids is 1. The molecule has 6 rings (SSSR count). The van der Waals surface area contributed by atoms with Gasteiger partial charge in [0.25, 0.3) is 0 Å². The molecule has 10 heteroatoms. The summed E-state index contributed by atoms with van der Waals surface area (Å²) in [4.78, 5) is 28.7. The zero-order chi connectivity index (χ0) is 26.4. The molecule has 2 aromatic carbocycles. The van der Waals surface area contributed by atoms with Gasteiger partial charge < -0.3 is 10.3 Å². The lowest BCUT2D eigenvalue weighted by molar-refractivity contribution is -0.118. The quantitative estimate of drug-likeness (QED) is 0.260. The molecule has 0 aliphatic rings. The van der Waals surface area contributed by atoms with Crippen molar-refractivity contribution in [2.45, 2.75) is 13.8 Å². The van der Waals surface area contributed by atoms with E-state index in [1.807, 2.05) is 0 Å². The Morgan fingerprint density at radius 2 is 1.84 bits per heavy atom. The molecule has 38 heavy (non-hydrogen) atoms. The number of benzene rings is 2. The fourth-order valence-electron chi connectivity index (χ4n) is 4.28. The average molecular weight is 510 g/mol. The third kappa shape index (κ3) is 4.15. The molecule has 0 spiro atoms. The van der Waals surface area contributed by atoms with Crippen molar-refractivity contribution in [1.29, 1.82) is 0 Å². The van der Waals surface area contributed by atoms with E-state index in [1.54, 1.807) is 62.8 Å². The molecule has 8 nitrogen and oxygen atoms in total. The van der Waals surface area contributed by atoms with Gasteiger partial charge in [-0.05, 0) is 42.0 Å². The van der Waals surface area contributed by atoms with Gasteiger partial charge in [-0.15, -0.1) is 0 Å². The van der Waals surface area contributed by atoms with Crippen LogP contribution in [0.2, 0.25) is 0 Å². The molecule has 0 unspecified atom stereocenters. The topological polar surface area (TPSA) is 112 Å². The molecule has 0 aliphatic carbocycles. The molecule has 4 aromatic heterocycles. The minimum Gasteiger partial charge on any atom is -0.337 e. The van der Waals surface area contributed by atoms with E-state index in [0.29, 0.717) is 56.0 Å². The monoisotopic (exact) mass is 509 g/mol. The van der Waals surface area contributed by atoms with Crippen LogP contribution in [0.25, 0.3) is 55.8 Å². The highest BCUT2D eigenvalue weighted by Gasteiger charge is 2.19. The summed E-state index contributed by atoms with van der Waals surface area (Å²) in [6.07, 6.45) is 4.76. The lowest BCUT2D eigenvalue weighted by atomic mass is 10.0. The minimum atomic E-state index is -0.519. The number of pyridine rings is 2. The number of fused-ring (bicyclic) bond motifs is 2. The van der Waals surface area contributed by atoms with Gasteiger partial charge in [0.15, 0.2) is 11.6 Å². The summed E-state index contributed by atoms with van der Waals surface area (Å²) in [6.45, 7) is 3.59. The molecule has 0 fully saturated rings. The van der Waals surface area contributed by atoms with E-state index < -0.39 is 5.82 Å². The second-order valence-corrected chi connectivity index (χ2v) is 9.21. The SMILES string of the molecule is CC(C)C(=O)Nc1cncc(-c2cc(F)c3n[nH]c(-c4nc5c(-c6cccc(F)c6)nccc5[nH]4)c3c2)c1. The number of nitrogens with one attached hydrogen (secondary N) is 3. The second-order valence-electron chi connectivity index (χ2n) is 9.21. The summed E-state index contributed by atoms with van der Waals surface area (Å²) < 4.78 is 29.0. The van der Waals surface area contributed by atoms with Crippen LogP contribution < -0.4 is 5.32 Å². The van der Waals surface area contributed by atoms with Gasteiger partial charge in [-0.2, -0.15) is 5.10 Å². The Morgan fingerprint density at radius 1 is 0.974 bits per heavy atom. The number of imidazole rings is 1. The lowest BCUT2D eigenvalue weighted by Gasteiger charge is -2.09. The number of hydrogen-bond acceptors (Lipinski definition) is 5. The van der Waals surface area contributed by atoms with Crippen molar-refractivity contribution in [2.75, 3.05) is 5.32 Å².